The monoisotopic (exact) mass is 368 g/mol. The van der Waals surface area contributed by atoms with Gasteiger partial charge in [0.25, 0.3) is 5.91 Å². The van der Waals surface area contributed by atoms with Crippen LogP contribution in [0.5, 0.6) is 5.75 Å². The summed E-state index contributed by atoms with van der Waals surface area (Å²) in [7, 11) is 1.65. The van der Waals surface area contributed by atoms with E-state index in [9.17, 15) is 4.79 Å². The summed E-state index contributed by atoms with van der Waals surface area (Å²) < 4.78 is 11.1. The first-order chi connectivity index (χ1) is 13.0. The van der Waals surface area contributed by atoms with Crippen LogP contribution in [0.3, 0.4) is 0 Å². The number of anilines is 1. The predicted octanol–water partition coefficient (Wildman–Crippen LogP) is 4.25. The Hall–Kier alpha value is -2.53. The van der Waals surface area contributed by atoms with E-state index < -0.39 is 5.66 Å². The Morgan fingerprint density at radius 2 is 1.81 bits per heavy atom. The number of methoxy groups -OCH3 is 1. The third-order valence-corrected chi connectivity index (χ3v) is 5.22. The van der Waals surface area contributed by atoms with Crippen molar-refractivity contribution >= 4 is 11.6 Å². The van der Waals surface area contributed by atoms with Crippen LogP contribution in [-0.4, -0.2) is 37.2 Å². The molecule has 1 aliphatic rings. The van der Waals surface area contributed by atoms with Crippen LogP contribution in [0.2, 0.25) is 0 Å². The molecule has 0 saturated heterocycles. The number of fused-ring (bicyclic) bond motifs is 1. The summed E-state index contributed by atoms with van der Waals surface area (Å²) >= 11 is 0. The highest BCUT2D eigenvalue weighted by molar-refractivity contribution is 6.02. The summed E-state index contributed by atoms with van der Waals surface area (Å²) in [6.07, 6.45) is 0.859. The molecule has 5 nitrogen and oxygen atoms in total. The number of rotatable bonds is 7. The van der Waals surface area contributed by atoms with E-state index in [1.54, 1.807) is 7.11 Å². The number of nitrogens with zero attached hydrogens (tertiary/aromatic N) is 1. The first-order valence-corrected chi connectivity index (χ1v) is 9.45. The summed E-state index contributed by atoms with van der Waals surface area (Å²) in [4.78, 5) is 15.3. The SMILES string of the molecule is CCC(C)N1C(=O)c2ccccc2NC1(C)c1ccccc1OCCOC. The maximum absolute atomic E-state index is 13.4. The Bertz CT molecular complexity index is 808. The zero-order valence-corrected chi connectivity index (χ0v) is 16.5. The van der Waals surface area contributed by atoms with Gasteiger partial charge in [-0.05, 0) is 38.5 Å². The number of carbonyl (C=O) groups excluding carboxylic acids is 1. The van der Waals surface area contributed by atoms with Crippen LogP contribution in [0.15, 0.2) is 48.5 Å². The Morgan fingerprint density at radius 3 is 2.56 bits per heavy atom. The number of para-hydroxylation sites is 2. The third kappa shape index (κ3) is 3.52. The standard InChI is InChI=1S/C22H28N2O3/c1-5-16(2)24-21(25)17-10-6-8-12-19(17)23-22(24,3)18-11-7-9-13-20(18)27-15-14-26-4/h6-13,16,23H,5,14-15H2,1-4H3. The van der Waals surface area contributed by atoms with Crippen molar-refractivity contribution in [1.29, 1.82) is 0 Å². The van der Waals surface area contributed by atoms with Crippen molar-refractivity contribution < 1.29 is 14.3 Å². The molecule has 2 unspecified atom stereocenters. The molecular formula is C22H28N2O3. The van der Waals surface area contributed by atoms with Crippen LogP contribution < -0.4 is 10.1 Å². The van der Waals surface area contributed by atoms with Crippen molar-refractivity contribution in [3.63, 3.8) is 0 Å². The lowest BCUT2D eigenvalue weighted by Gasteiger charge is -2.49. The third-order valence-electron chi connectivity index (χ3n) is 5.22. The minimum Gasteiger partial charge on any atom is -0.491 e. The Morgan fingerprint density at radius 1 is 1.11 bits per heavy atom. The van der Waals surface area contributed by atoms with Gasteiger partial charge in [-0.25, -0.2) is 0 Å². The molecule has 0 aromatic heterocycles. The summed E-state index contributed by atoms with van der Waals surface area (Å²) in [5, 5.41) is 3.61. The topological polar surface area (TPSA) is 50.8 Å². The lowest BCUT2D eigenvalue weighted by atomic mass is 9.91. The minimum atomic E-state index is -0.718. The molecule has 0 radical (unpaired) electrons. The molecule has 2 aromatic carbocycles. The predicted molar refractivity (Wildman–Crippen MR) is 107 cm³/mol. The van der Waals surface area contributed by atoms with Crippen LogP contribution in [0.4, 0.5) is 5.69 Å². The van der Waals surface area contributed by atoms with Crippen LogP contribution in [0.25, 0.3) is 0 Å². The summed E-state index contributed by atoms with van der Waals surface area (Å²) in [5.41, 5.74) is 1.76. The highest BCUT2D eigenvalue weighted by Crippen LogP contribution is 2.42. The zero-order chi connectivity index (χ0) is 19.4. The second-order valence-electron chi connectivity index (χ2n) is 7.01. The molecule has 0 aliphatic carbocycles. The minimum absolute atomic E-state index is 0.0351. The molecule has 0 fully saturated rings. The molecule has 5 heteroatoms. The first kappa shape index (κ1) is 19.2. The van der Waals surface area contributed by atoms with Crippen molar-refractivity contribution in [3.8, 4) is 5.75 Å². The highest BCUT2D eigenvalue weighted by atomic mass is 16.5. The van der Waals surface area contributed by atoms with E-state index in [0.29, 0.717) is 18.8 Å². The van der Waals surface area contributed by atoms with Crippen molar-refractivity contribution in [2.45, 2.75) is 38.9 Å². The average Bonchev–Trinajstić information content (AvgIpc) is 2.68. The van der Waals surface area contributed by atoms with Gasteiger partial charge in [0.2, 0.25) is 0 Å². The molecule has 1 amide bonds. The highest BCUT2D eigenvalue weighted by Gasteiger charge is 2.45. The quantitative estimate of drug-likeness (QED) is 0.742. The summed E-state index contributed by atoms with van der Waals surface area (Å²) in [5.74, 6) is 0.790. The molecule has 144 valence electrons. The number of ether oxygens (including phenoxy) is 2. The van der Waals surface area contributed by atoms with Crippen LogP contribution >= 0.6 is 0 Å². The van der Waals surface area contributed by atoms with Crippen molar-refractivity contribution in [1.82, 2.24) is 4.90 Å². The molecule has 0 saturated carbocycles. The summed E-state index contributed by atoms with van der Waals surface area (Å²) in [6.45, 7) is 7.19. The molecule has 2 atom stereocenters. The number of hydrogen-bond donors (Lipinski definition) is 1. The van der Waals surface area contributed by atoms with E-state index in [2.05, 4.69) is 19.2 Å². The Kier molecular flexibility index (Phi) is 5.71. The molecule has 3 rings (SSSR count). The number of benzene rings is 2. The van der Waals surface area contributed by atoms with Gasteiger partial charge < -0.3 is 19.7 Å². The van der Waals surface area contributed by atoms with E-state index in [4.69, 9.17) is 9.47 Å². The van der Waals surface area contributed by atoms with E-state index in [1.165, 1.54) is 0 Å². The van der Waals surface area contributed by atoms with Gasteiger partial charge in [0.1, 0.15) is 18.0 Å². The van der Waals surface area contributed by atoms with E-state index in [1.807, 2.05) is 60.4 Å². The maximum Gasteiger partial charge on any atom is 0.258 e. The molecule has 1 aliphatic heterocycles. The van der Waals surface area contributed by atoms with Crippen molar-refractivity contribution in [2.75, 3.05) is 25.6 Å². The first-order valence-electron chi connectivity index (χ1n) is 9.45. The van der Waals surface area contributed by atoms with Gasteiger partial charge in [-0.1, -0.05) is 37.3 Å². The molecule has 1 heterocycles. The van der Waals surface area contributed by atoms with Crippen LogP contribution in [-0.2, 0) is 10.4 Å². The molecule has 0 bridgehead atoms. The van der Waals surface area contributed by atoms with Crippen LogP contribution in [0, 0.1) is 0 Å². The Balaban J connectivity index is 2.10. The molecular weight excluding hydrogens is 340 g/mol. The number of amides is 1. The van der Waals surface area contributed by atoms with Gasteiger partial charge in [-0.15, -0.1) is 0 Å². The molecule has 0 spiro atoms. The molecule has 2 aromatic rings. The molecule has 1 N–H and O–H groups in total. The fraction of sp³-hybridized carbons (Fsp3) is 0.409. The maximum atomic E-state index is 13.4. The van der Waals surface area contributed by atoms with Crippen molar-refractivity contribution in [3.05, 3.63) is 59.7 Å². The van der Waals surface area contributed by atoms with Gasteiger partial charge in [-0.3, -0.25) is 4.79 Å². The second kappa shape index (κ2) is 8.01. The second-order valence-corrected chi connectivity index (χ2v) is 7.01. The average molecular weight is 368 g/mol. The number of hydrogen-bond acceptors (Lipinski definition) is 4. The van der Waals surface area contributed by atoms with E-state index in [-0.39, 0.29) is 11.9 Å². The lowest BCUT2D eigenvalue weighted by molar-refractivity contribution is 0.0390. The van der Waals surface area contributed by atoms with Gasteiger partial charge in [-0.2, -0.15) is 0 Å². The molecule has 27 heavy (non-hydrogen) atoms. The summed E-state index contributed by atoms with van der Waals surface area (Å²) in [6, 6.07) is 15.6. The van der Waals surface area contributed by atoms with E-state index in [0.717, 1.165) is 23.4 Å². The van der Waals surface area contributed by atoms with Gasteiger partial charge in [0.05, 0.1) is 12.2 Å². The van der Waals surface area contributed by atoms with Crippen molar-refractivity contribution in [2.24, 2.45) is 0 Å². The largest absolute Gasteiger partial charge is 0.491 e. The fourth-order valence-electron chi connectivity index (χ4n) is 3.68. The van der Waals surface area contributed by atoms with E-state index >= 15 is 0 Å². The van der Waals surface area contributed by atoms with Gasteiger partial charge in [0.15, 0.2) is 0 Å². The van der Waals surface area contributed by atoms with Gasteiger partial charge >= 0.3 is 0 Å². The fourth-order valence-corrected chi connectivity index (χ4v) is 3.68. The van der Waals surface area contributed by atoms with Crippen LogP contribution in [0.1, 0.15) is 43.1 Å². The smallest absolute Gasteiger partial charge is 0.258 e. The number of nitrogens with one attached hydrogen (secondary N) is 1. The lowest BCUT2D eigenvalue weighted by Crippen LogP contribution is -2.59. The number of carbonyl (C=O) groups is 1. The van der Waals surface area contributed by atoms with Gasteiger partial charge in [0, 0.05) is 24.4 Å². The normalized spacial score (nSPS) is 20.0. The zero-order valence-electron chi connectivity index (χ0n) is 16.5. The Labute approximate surface area is 161 Å².